The second-order valence-electron chi connectivity index (χ2n) is 9.92. The zero-order valence-electron chi connectivity index (χ0n) is 24.7. The minimum Gasteiger partial charge on any atom is -0.490 e. The lowest BCUT2D eigenvalue weighted by Gasteiger charge is -2.34. The van der Waals surface area contributed by atoms with E-state index in [-0.39, 0.29) is 54.5 Å². The smallest absolute Gasteiger partial charge is 0.490 e. The van der Waals surface area contributed by atoms with E-state index < -0.39 is 23.8 Å². The number of anilines is 2. The number of esters is 1. The number of hydrogen-bond donors (Lipinski definition) is 4. The van der Waals surface area contributed by atoms with Crippen molar-refractivity contribution >= 4 is 29.2 Å². The number of rotatable bonds is 13. The first kappa shape index (κ1) is 33.7. The molecule has 2 amide bonds. The fourth-order valence-electron chi connectivity index (χ4n) is 4.13. The van der Waals surface area contributed by atoms with E-state index in [1.807, 2.05) is 0 Å². The zero-order chi connectivity index (χ0) is 32.5. The number of nitrogens with one attached hydrogen (secondary N) is 3. The van der Waals surface area contributed by atoms with E-state index in [9.17, 15) is 27.6 Å². The maximum Gasteiger partial charge on any atom is 0.491 e. The van der Waals surface area contributed by atoms with Crippen molar-refractivity contribution in [2.75, 3.05) is 17.2 Å². The molecule has 0 saturated heterocycles. The third kappa shape index (κ3) is 8.86. The van der Waals surface area contributed by atoms with Gasteiger partial charge in [0.15, 0.2) is 11.5 Å². The molecule has 0 bridgehead atoms. The SMILES string of the molecule is CCOc1cc(C(Nc2ccc(CN)cc2)(OC(=O)C(F)(F)F)C(=O)NCc2cccc(NC(C)=O)c2)ccc1OC(C)C. The van der Waals surface area contributed by atoms with Gasteiger partial charge in [-0.1, -0.05) is 24.3 Å². The number of carbonyl (C=O) groups is 3. The molecule has 0 radical (unpaired) electrons. The third-order valence-electron chi connectivity index (χ3n) is 6.02. The minimum absolute atomic E-state index is 0.113. The lowest BCUT2D eigenvalue weighted by atomic mass is 9.99. The number of halogens is 3. The number of alkyl halides is 3. The average molecular weight is 617 g/mol. The summed E-state index contributed by atoms with van der Waals surface area (Å²) in [6, 6.07) is 16.7. The Hall–Kier alpha value is -4.78. The molecule has 0 fully saturated rings. The first-order valence-corrected chi connectivity index (χ1v) is 13.7. The lowest BCUT2D eigenvalue weighted by Crippen LogP contribution is -2.54. The molecule has 0 aliphatic heterocycles. The van der Waals surface area contributed by atoms with Crippen LogP contribution in [0.5, 0.6) is 11.5 Å². The fraction of sp³-hybridized carbons (Fsp3) is 0.323. The number of carbonyl (C=O) groups excluding carboxylic acids is 3. The Kier molecular flexibility index (Phi) is 11.2. The van der Waals surface area contributed by atoms with Gasteiger partial charge >= 0.3 is 12.1 Å². The predicted octanol–water partition coefficient (Wildman–Crippen LogP) is 4.98. The monoisotopic (exact) mass is 616 g/mol. The Balaban J connectivity index is 2.17. The molecule has 3 rings (SSSR count). The van der Waals surface area contributed by atoms with Crippen molar-refractivity contribution < 1.29 is 41.8 Å². The van der Waals surface area contributed by atoms with E-state index >= 15 is 0 Å². The van der Waals surface area contributed by atoms with Gasteiger partial charge in [-0.2, -0.15) is 13.2 Å². The number of nitrogens with two attached hydrogens (primary N) is 1. The quantitative estimate of drug-likeness (QED) is 0.156. The number of benzene rings is 3. The number of ether oxygens (including phenoxy) is 3. The summed E-state index contributed by atoms with van der Waals surface area (Å²) in [5, 5.41) is 7.90. The van der Waals surface area contributed by atoms with Crippen LogP contribution >= 0.6 is 0 Å². The van der Waals surface area contributed by atoms with Gasteiger partial charge in [-0.15, -0.1) is 0 Å². The lowest BCUT2D eigenvalue weighted by molar-refractivity contribution is -0.213. The molecule has 0 aliphatic carbocycles. The van der Waals surface area contributed by atoms with E-state index in [4.69, 9.17) is 19.9 Å². The molecule has 0 saturated carbocycles. The molecule has 10 nitrogen and oxygen atoms in total. The van der Waals surface area contributed by atoms with Crippen molar-refractivity contribution in [3.8, 4) is 11.5 Å². The van der Waals surface area contributed by atoms with E-state index in [0.29, 0.717) is 16.8 Å². The molecule has 1 atom stereocenters. The van der Waals surface area contributed by atoms with Crippen molar-refractivity contribution in [1.29, 1.82) is 0 Å². The van der Waals surface area contributed by atoms with Gasteiger partial charge < -0.3 is 35.9 Å². The van der Waals surface area contributed by atoms with Crippen molar-refractivity contribution in [3.05, 3.63) is 83.4 Å². The highest BCUT2D eigenvalue weighted by atomic mass is 19.4. The second-order valence-corrected chi connectivity index (χ2v) is 9.92. The largest absolute Gasteiger partial charge is 0.491 e. The zero-order valence-corrected chi connectivity index (χ0v) is 24.7. The van der Waals surface area contributed by atoms with Gasteiger partial charge in [-0.25, -0.2) is 4.79 Å². The maximum atomic E-state index is 14.0. The van der Waals surface area contributed by atoms with Gasteiger partial charge in [0.2, 0.25) is 5.91 Å². The Morgan fingerprint density at radius 1 is 0.909 bits per heavy atom. The van der Waals surface area contributed by atoms with E-state index in [0.717, 1.165) is 0 Å². The van der Waals surface area contributed by atoms with Gasteiger partial charge in [0.05, 0.1) is 12.7 Å². The number of hydrogen-bond acceptors (Lipinski definition) is 8. The topological polar surface area (TPSA) is 141 Å². The maximum absolute atomic E-state index is 14.0. The predicted molar refractivity (Wildman–Crippen MR) is 158 cm³/mol. The summed E-state index contributed by atoms with van der Waals surface area (Å²) in [6.07, 6.45) is -5.71. The van der Waals surface area contributed by atoms with E-state index in [1.165, 1.54) is 37.3 Å². The van der Waals surface area contributed by atoms with Crippen LogP contribution in [0.2, 0.25) is 0 Å². The summed E-state index contributed by atoms with van der Waals surface area (Å²) in [6.45, 7) is 6.75. The molecule has 236 valence electrons. The fourth-order valence-corrected chi connectivity index (χ4v) is 4.13. The van der Waals surface area contributed by atoms with Gasteiger partial charge in [-0.05, 0) is 74.4 Å². The standard InChI is InChI=1S/C31H35F3N4O6/c1-5-42-27-16-23(11-14-26(27)43-19(2)3)30(44-29(41)31(32,33)34,38-24-12-9-21(17-35)10-13-24)28(40)36-18-22-7-6-8-25(15-22)37-20(4)39/h6-16,19,38H,5,17-18,35H2,1-4H3,(H,36,40)(H,37,39). The third-order valence-corrected chi connectivity index (χ3v) is 6.02. The first-order chi connectivity index (χ1) is 20.8. The van der Waals surface area contributed by atoms with Gasteiger partial charge in [-0.3, -0.25) is 9.59 Å². The minimum atomic E-state index is -5.44. The van der Waals surface area contributed by atoms with Gasteiger partial charge in [0.25, 0.3) is 11.6 Å². The Morgan fingerprint density at radius 3 is 2.20 bits per heavy atom. The van der Waals surface area contributed by atoms with E-state index in [2.05, 4.69) is 16.0 Å². The Morgan fingerprint density at radius 2 is 1.61 bits per heavy atom. The van der Waals surface area contributed by atoms with Crippen LogP contribution in [0.4, 0.5) is 24.5 Å². The van der Waals surface area contributed by atoms with Crippen LogP contribution in [0.1, 0.15) is 44.4 Å². The molecule has 13 heteroatoms. The second kappa shape index (κ2) is 14.6. The molecule has 44 heavy (non-hydrogen) atoms. The van der Waals surface area contributed by atoms with Crippen LogP contribution < -0.4 is 31.2 Å². The van der Waals surface area contributed by atoms with Crippen molar-refractivity contribution in [2.24, 2.45) is 5.73 Å². The Bertz CT molecular complexity index is 1460. The molecule has 0 heterocycles. The highest BCUT2D eigenvalue weighted by Gasteiger charge is 2.52. The summed E-state index contributed by atoms with van der Waals surface area (Å²) in [5.74, 6) is -3.66. The summed E-state index contributed by atoms with van der Waals surface area (Å²) in [7, 11) is 0. The molecule has 5 N–H and O–H groups in total. The normalized spacial score (nSPS) is 12.6. The Labute approximate surface area is 253 Å². The van der Waals surface area contributed by atoms with Crippen molar-refractivity contribution in [3.63, 3.8) is 0 Å². The molecule has 3 aromatic carbocycles. The van der Waals surface area contributed by atoms with Gasteiger partial charge in [0, 0.05) is 37.0 Å². The van der Waals surface area contributed by atoms with Crippen LogP contribution in [-0.2, 0) is 37.9 Å². The summed E-state index contributed by atoms with van der Waals surface area (Å²) < 4.78 is 57.6. The van der Waals surface area contributed by atoms with Crippen LogP contribution in [0.15, 0.2) is 66.7 Å². The molecule has 0 aromatic heterocycles. The number of amides is 2. The van der Waals surface area contributed by atoms with Crippen molar-refractivity contribution in [1.82, 2.24) is 5.32 Å². The molecular formula is C31H35F3N4O6. The van der Waals surface area contributed by atoms with Crippen LogP contribution in [0.3, 0.4) is 0 Å². The molecule has 0 aliphatic rings. The van der Waals surface area contributed by atoms with E-state index in [1.54, 1.807) is 57.2 Å². The summed E-state index contributed by atoms with van der Waals surface area (Å²) in [4.78, 5) is 37.9. The van der Waals surface area contributed by atoms with Crippen LogP contribution in [-0.4, -0.2) is 36.7 Å². The molecule has 0 spiro atoms. The first-order valence-electron chi connectivity index (χ1n) is 13.7. The summed E-state index contributed by atoms with van der Waals surface area (Å²) in [5.41, 5.74) is 4.57. The molecular weight excluding hydrogens is 581 g/mol. The highest BCUT2D eigenvalue weighted by molar-refractivity contribution is 5.93. The highest BCUT2D eigenvalue weighted by Crippen LogP contribution is 2.38. The van der Waals surface area contributed by atoms with Crippen LogP contribution in [0.25, 0.3) is 0 Å². The molecule has 3 aromatic rings. The average Bonchev–Trinajstić information content (AvgIpc) is 2.96. The van der Waals surface area contributed by atoms with Crippen molar-refractivity contribution in [2.45, 2.75) is 58.8 Å². The summed E-state index contributed by atoms with van der Waals surface area (Å²) >= 11 is 0. The van der Waals surface area contributed by atoms with Gasteiger partial charge in [0.1, 0.15) is 0 Å². The van der Waals surface area contributed by atoms with Crippen LogP contribution in [0, 0.1) is 0 Å². The molecule has 1 unspecified atom stereocenters.